The standard InChI is InChI=1S/C16H25N/c1-4-6-8-15-9-11-16(12-10-15)14(3)17-13-7-5-2/h5,9-12,14,17H,2,4,6-8,13H2,1,3H3. The van der Waals surface area contributed by atoms with Gasteiger partial charge in [0.05, 0.1) is 0 Å². The Kier molecular flexibility index (Phi) is 6.64. The molecule has 0 aliphatic heterocycles. The van der Waals surface area contributed by atoms with Gasteiger partial charge in [0.15, 0.2) is 0 Å². The molecule has 0 aliphatic rings. The monoisotopic (exact) mass is 231 g/mol. The normalized spacial score (nSPS) is 12.4. The highest BCUT2D eigenvalue weighted by Crippen LogP contribution is 2.14. The molecule has 0 saturated heterocycles. The summed E-state index contributed by atoms with van der Waals surface area (Å²) in [6, 6.07) is 9.44. The van der Waals surface area contributed by atoms with Crippen molar-refractivity contribution in [2.75, 3.05) is 6.54 Å². The van der Waals surface area contributed by atoms with Gasteiger partial charge in [-0.15, -0.1) is 6.58 Å². The van der Waals surface area contributed by atoms with Gasteiger partial charge in [-0.2, -0.15) is 0 Å². The predicted octanol–water partition coefficient (Wildman–Crippen LogP) is 4.26. The van der Waals surface area contributed by atoms with Crippen LogP contribution < -0.4 is 5.32 Å². The van der Waals surface area contributed by atoms with Crippen molar-refractivity contribution in [3.8, 4) is 0 Å². The van der Waals surface area contributed by atoms with Crippen LogP contribution in [0.2, 0.25) is 0 Å². The van der Waals surface area contributed by atoms with Crippen LogP contribution in [0, 0.1) is 0 Å². The molecule has 94 valence electrons. The molecular weight excluding hydrogens is 206 g/mol. The van der Waals surface area contributed by atoms with Crippen molar-refractivity contribution in [1.29, 1.82) is 0 Å². The van der Waals surface area contributed by atoms with E-state index in [9.17, 15) is 0 Å². The van der Waals surface area contributed by atoms with Crippen LogP contribution in [0.3, 0.4) is 0 Å². The van der Waals surface area contributed by atoms with Crippen LogP contribution in [-0.4, -0.2) is 6.54 Å². The zero-order valence-corrected chi connectivity index (χ0v) is 11.2. The molecule has 0 aromatic heterocycles. The summed E-state index contributed by atoms with van der Waals surface area (Å²) in [6.45, 7) is 9.18. The van der Waals surface area contributed by atoms with Crippen LogP contribution in [-0.2, 0) is 6.42 Å². The Hall–Kier alpha value is -1.08. The SMILES string of the molecule is C=CCCNC(C)c1ccc(CCCC)cc1. The molecule has 0 spiro atoms. The van der Waals surface area contributed by atoms with E-state index in [4.69, 9.17) is 0 Å². The van der Waals surface area contributed by atoms with Gasteiger partial charge < -0.3 is 5.32 Å². The second-order valence-corrected chi connectivity index (χ2v) is 4.60. The van der Waals surface area contributed by atoms with Crippen LogP contribution >= 0.6 is 0 Å². The highest BCUT2D eigenvalue weighted by atomic mass is 14.9. The molecule has 1 nitrogen and oxygen atoms in total. The first-order chi connectivity index (χ1) is 8.27. The number of benzene rings is 1. The number of hydrogen-bond acceptors (Lipinski definition) is 1. The van der Waals surface area contributed by atoms with Gasteiger partial charge in [-0.3, -0.25) is 0 Å². The molecule has 0 fully saturated rings. The van der Waals surface area contributed by atoms with E-state index in [0.717, 1.165) is 13.0 Å². The molecule has 1 N–H and O–H groups in total. The lowest BCUT2D eigenvalue weighted by molar-refractivity contribution is 0.581. The molecule has 0 saturated carbocycles. The summed E-state index contributed by atoms with van der Waals surface area (Å²) in [5, 5.41) is 3.49. The number of hydrogen-bond donors (Lipinski definition) is 1. The van der Waals surface area contributed by atoms with Crippen molar-refractivity contribution in [2.45, 2.75) is 45.6 Å². The minimum Gasteiger partial charge on any atom is -0.310 e. The van der Waals surface area contributed by atoms with E-state index in [-0.39, 0.29) is 0 Å². The number of aryl methyl sites for hydroxylation is 1. The zero-order valence-electron chi connectivity index (χ0n) is 11.2. The van der Waals surface area contributed by atoms with Crippen LogP contribution in [0.5, 0.6) is 0 Å². The summed E-state index contributed by atoms with van der Waals surface area (Å²) in [5.41, 5.74) is 2.82. The van der Waals surface area contributed by atoms with Gasteiger partial charge in [0, 0.05) is 6.04 Å². The maximum atomic E-state index is 3.73. The third kappa shape index (κ3) is 5.18. The average molecular weight is 231 g/mol. The number of rotatable bonds is 8. The first kappa shape index (κ1) is 14.0. The average Bonchev–Trinajstić information content (AvgIpc) is 2.37. The van der Waals surface area contributed by atoms with E-state index in [0.29, 0.717) is 6.04 Å². The van der Waals surface area contributed by atoms with Crippen molar-refractivity contribution in [3.63, 3.8) is 0 Å². The number of unbranched alkanes of at least 4 members (excludes halogenated alkanes) is 1. The Labute approximate surface area is 106 Å². The molecule has 0 heterocycles. The molecule has 1 unspecified atom stereocenters. The summed E-state index contributed by atoms with van der Waals surface area (Å²) in [6.07, 6.45) is 6.73. The van der Waals surface area contributed by atoms with Crippen LogP contribution in [0.15, 0.2) is 36.9 Å². The van der Waals surface area contributed by atoms with Crippen LogP contribution in [0.1, 0.15) is 50.3 Å². The van der Waals surface area contributed by atoms with Crippen molar-refractivity contribution in [2.24, 2.45) is 0 Å². The largest absolute Gasteiger partial charge is 0.310 e. The minimum atomic E-state index is 0.426. The Morgan fingerprint density at radius 3 is 2.59 bits per heavy atom. The van der Waals surface area contributed by atoms with E-state index in [1.807, 2.05) is 6.08 Å². The molecule has 1 heteroatoms. The highest BCUT2D eigenvalue weighted by molar-refractivity contribution is 5.24. The molecular formula is C16H25N. The van der Waals surface area contributed by atoms with E-state index in [1.54, 1.807) is 0 Å². The van der Waals surface area contributed by atoms with Crippen LogP contribution in [0.25, 0.3) is 0 Å². The molecule has 1 atom stereocenters. The molecule has 1 rings (SSSR count). The van der Waals surface area contributed by atoms with Gasteiger partial charge in [-0.25, -0.2) is 0 Å². The van der Waals surface area contributed by atoms with Crippen molar-refractivity contribution >= 4 is 0 Å². The lowest BCUT2D eigenvalue weighted by Gasteiger charge is -2.14. The van der Waals surface area contributed by atoms with Crippen molar-refractivity contribution in [3.05, 3.63) is 48.0 Å². The third-order valence-corrected chi connectivity index (χ3v) is 3.10. The Morgan fingerprint density at radius 2 is 2.00 bits per heavy atom. The van der Waals surface area contributed by atoms with Gasteiger partial charge in [0.25, 0.3) is 0 Å². The molecule has 1 aromatic carbocycles. The van der Waals surface area contributed by atoms with Gasteiger partial charge in [0.2, 0.25) is 0 Å². The summed E-state index contributed by atoms with van der Waals surface area (Å²) in [4.78, 5) is 0. The molecule has 0 bridgehead atoms. The first-order valence-electron chi connectivity index (χ1n) is 6.71. The van der Waals surface area contributed by atoms with Gasteiger partial charge in [0.1, 0.15) is 0 Å². The van der Waals surface area contributed by atoms with E-state index < -0.39 is 0 Å². The summed E-state index contributed by atoms with van der Waals surface area (Å²) in [7, 11) is 0. The summed E-state index contributed by atoms with van der Waals surface area (Å²) < 4.78 is 0. The molecule has 0 aliphatic carbocycles. The Bertz CT molecular complexity index is 313. The Morgan fingerprint density at radius 1 is 1.29 bits per heavy atom. The third-order valence-electron chi connectivity index (χ3n) is 3.10. The minimum absolute atomic E-state index is 0.426. The maximum Gasteiger partial charge on any atom is 0.0291 e. The fourth-order valence-electron chi connectivity index (χ4n) is 1.87. The fourth-order valence-corrected chi connectivity index (χ4v) is 1.87. The fraction of sp³-hybridized carbons (Fsp3) is 0.500. The number of nitrogens with one attached hydrogen (secondary N) is 1. The van der Waals surface area contributed by atoms with Gasteiger partial charge in [-0.1, -0.05) is 43.7 Å². The smallest absolute Gasteiger partial charge is 0.0291 e. The lowest BCUT2D eigenvalue weighted by atomic mass is 10.0. The van der Waals surface area contributed by atoms with Gasteiger partial charge in [-0.05, 0) is 43.9 Å². The molecule has 0 amide bonds. The summed E-state index contributed by atoms with van der Waals surface area (Å²) >= 11 is 0. The summed E-state index contributed by atoms with van der Waals surface area (Å²) in [5.74, 6) is 0. The van der Waals surface area contributed by atoms with Crippen molar-refractivity contribution in [1.82, 2.24) is 5.32 Å². The van der Waals surface area contributed by atoms with Crippen LogP contribution in [0.4, 0.5) is 0 Å². The maximum absolute atomic E-state index is 3.73. The van der Waals surface area contributed by atoms with Crippen molar-refractivity contribution < 1.29 is 0 Å². The molecule has 0 radical (unpaired) electrons. The quantitative estimate of drug-likeness (QED) is 0.521. The van der Waals surface area contributed by atoms with E-state index in [1.165, 1.54) is 30.4 Å². The van der Waals surface area contributed by atoms with Gasteiger partial charge >= 0.3 is 0 Å². The second-order valence-electron chi connectivity index (χ2n) is 4.60. The Balaban J connectivity index is 2.45. The molecule has 17 heavy (non-hydrogen) atoms. The zero-order chi connectivity index (χ0) is 12.5. The predicted molar refractivity (Wildman–Crippen MR) is 76.3 cm³/mol. The lowest BCUT2D eigenvalue weighted by Crippen LogP contribution is -2.19. The molecule has 1 aromatic rings. The van der Waals surface area contributed by atoms with E-state index in [2.05, 4.69) is 50.0 Å². The topological polar surface area (TPSA) is 12.0 Å². The van der Waals surface area contributed by atoms with E-state index >= 15 is 0 Å². The highest BCUT2D eigenvalue weighted by Gasteiger charge is 2.03. The first-order valence-corrected chi connectivity index (χ1v) is 6.71. The second kappa shape index (κ2) is 8.08.